The van der Waals surface area contributed by atoms with Crippen molar-refractivity contribution in [3.63, 3.8) is 0 Å². The van der Waals surface area contributed by atoms with Gasteiger partial charge in [-0.1, -0.05) is 42.5 Å². The van der Waals surface area contributed by atoms with Crippen LogP contribution < -0.4 is 0 Å². The molecule has 1 aliphatic rings. The summed E-state index contributed by atoms with van der Waals surface area (Å²) in [6, 6.07) is 17.9. The molecule has 2 aromatic heterocycles. The highest BCUT2D eigenvalue weighted by atomic mass is 16.5. The maximum Gasteiger partial charge on any atom is 0.316 e. The van der Waals surface area contributed by atoms with Gasteiger partial charge in [-0.3, -0.25) is 9.59 Å². The van der Waals surface area contributed by atoms with Crippen molar-refractivity contribution in [3.05, 3.63) is 82.4 Å². The van der Waals surface area contributed by atoms with Crippen LogP contribution >= 0.6 is 0 Å². The molecule has 4 heteroatoms. The van der Waals surface area contributed by atoms with Crippen molar-refractivity contribution in [2.24, 2.45) is 5.41 Å². The number of carbonyl (C=O) groups excluding carboxylic acids is 2. The number of Topliss-reactive ketones (excluding diaryl/α,β-unsaturated/α-hetero) is 1. The molecule has 0 atom stereocenters. The van der Waals surface area contributed by atoms with E-state index in [1.807, 2.05) is 38.1 Å². The zero-order valence-corrected chi connectivity index (χ0v) is 18.8. The van der Waals surface area contributed by atoms with Crippen LogP contribution in [0.5, 0.6) is 0 Å². The fourth-order valence-electron chi connectivity index (χ4n) is 4.39. The standard InChI is InChI=1S/C28H24O4/c1-15-13-18(17-9-7-6-8-10-17)14-16(2)21(15)24-25(29)22-19-11-12-20(31-19)23(22)26(24)32-27(30)28(3,4)5/h6-14H,1-5H3. The molecule has 5 rings (SSSR count). The molecule has 4 aromatic rings. The number of benzene rings is 3. The molecule has 160 valence electrons. The molecular formula is C28H24O4. The highest BCUT2D eigenvalue weighted by Crippen LogP contribution is 2.48. The van der Waals surface area contributed by atoms with Gasteiger partial charge in [0.25, 0.3) is 0 Å². The Morgan fingerprint density at radius 1 is 0.812 bits per heavy atom. The number of ether oxygens (including phenoxy) is 1. The lowest BCUT2D eigenvalue weighted by molar-refractivity contribution is -0.145. The van der Waals surface area contributed by atoms with E-state index in [-0.39, 0.29) is 11.8 Å². The summed E-state index contributed by atoms with van der Waals surface area (Å²) in [5, 5.41) is 0. The van der Waals surface area contributed by atoms with E-state index in [0.717, 1.165) is 27.8 Å². The van der Waals surface area contributed by atoms with Gasteiger partial charge in [-0.15, -0.1) is 0 Å². The largest absolute Gasteiger partial charge is 0.456 e. The van der Waals surface area contributed by atoms with Crippen molar-refractivity contribution in [1.82, 2.24) is 0 Å². The Labute approximate surface area is 186 Å². The fourth-order valence-corrected chi connectivity index (χ4v) is 4.39. The Balaban J connectivity index is 1.72. The van der Waals surface area contributed by atoms with E-state index >= 15 is 0 Å². The summed E-state index contributed by atoms with van der Waals surface area (Å²) >= 11 is 0. The van der Waals surface area contributed by atoms with Gasteiger partial charge in [-0.25, -0.2) is 0 Å². The third-order valence-corrected chi connectivity index (χ3v) is 5.95. The summed E-state index contributed by atoms with van der Waals surface area (Å²) in [6.45, 7) is 9.38. The van der Waals surface area contributed by atoms with Gasteiger partial charge in [0.15, 0.2) is 5.76 Å². The lowest BCUT2D eigenvalue weighted by Gasteiger charge is -2.19. The molecular weight excluding hydrogens is 400 g/mol. The molecule has 0 saturated heterocycles. The van der Waals surface area contributed by atoms with E-state index < -0.39 is 5.41 Å². The number of fused-ring (bicyclic) bond motifs is 5. The van der Waals surface area contributed by atoms with Crippen molar-refractivity contribution in [2.45, 2.75) is 34.6 Å². The Hall–Kier alpha value is -3.66. The van der Waals surface area contributed by atoms with Crippen LogP contribution in [-0.4, -0.2) is 11.8 Å². The lowest BCUT2D eigenvalue weighted by atomic mass is 9.89. The molecule has 0 aliphatic heterocycles. The van der Waals surface area contributed by atoms with Crippen molar-refractivity contribution < 1.29 is 18.7 Å². The average molecular weight is 424 g/mol. The van der Waals surface area contributed by atoms with Gasteiger partial charge in [-0.05, 0) is 74.6 Å². The topological polar surface area (TPSA) is 56.5 Å². The predicted octanol–water partition coefficient (Wildman–Crippen LogP) is 6.81. The van der Waals surface area contributed by atoms with Crippen LogP contribution in [0.3, 0.4) is 0 Å². The van der Waals surface area contributed by atoms with Crippen molar-refractivity contribution >= 4 is 34.3 Å². The van der Waals surface area contributed by atoms with E-state index in [0.29, 0.717) is 33.6 Å². The van der Waals surface area contributed by atoms with Crippen molar-refractivity contribution in [3.8, 4) is 11.1 Å². The summed E-state index contributed by atoms with van der Waals surface area (Å²) in [5.74, 6) is -0.247. The van der Waals surface area contributed by atoms with Gasteiger partial charge >= 0.3 is 5.97 Å². The number of hydrogen-bond acceptors (Lipinski definition) is 4. The van der Waals surface area contributed by atoms with Crippen LogP contribution in [0.15, 0.2) is 59.0 Å². The van der Waals surface area contributed by atoms with Crippen LogP contribution in [0.25, 0.3) is 33.6 Å². The van der Waals surface area contributed by atoms with Crippen LogP contribution in [0, 0.1) is 19.3 Å². The molecule has 0 amide bonds. The smallest absolute Gasteiger partial charge is 0.316 e. The molecule has 0 spiro atoms. The van der Waals surface area contributed by atoms with E-state index in [9.17, 15) is 9.59 Å². The van der Waals surface area contributed by atoms with Gasteiger partial charge in [0.05, 0.1) is 22.1 Å². The third kappa shape index (κ3) is 2.98. The number of furan rings is 2. The number of allylic oxidation sites excluding steroid dienone is 1. The van der Waals surface area contributed by atoms with E-state index in [4.69, 9.17) is 9.15 Å². The van der Waals surface area contributed by atoms with Crippen molar-refractivity contribution in [1.29, 1.82) is 0 Å². The molecule has 1 aliphatic carbocycles. The first-order chi connectivity index (χ1) is 15.2. The SMILES string of the molecule is Cc1cc(-c2ccccc2)cc(C)c1C1=C(OC(=O)C(C)(C)C)c2c(c3ccc2o3)C1=O. The normalized spacial score (nSPS) is 13.8. The molecule has 2 aromatic carbocycles. The number of ketones is 1. The van der Waals surface area contributed by atoms with Gasteiger partial charge in [-0.2, -0.15) is 0 Å². The summed E-state index contributed by atoms with van der Waals surface area (Å²) in [4.78, 5) is 26.5. The Morgan fingerprint density at radius 3 is 2.00 bits per heavy atom. The zero-order chi connectivity index (χ0) is 22.8. The first kappa shape index (κ1) is 20.3. The first-order valence-electron chi connectivity index (χ1n) is 10.7. The second-order valence-corrected chi connectivity index (χ2v) is 9.44. The summed E-state index contributed by atoms with van der Waals surface area (Å²) < 4.78 is 11.6. The minimum atomic E-state index is -0.710. The summed E-state index contributed by atoms with van der Waals surface area (Å²) in [5.41, 5.74) is 6.79. The van der Waals surface area contributed by atoms with Crippen molar-refractivity contribution in [2.75, 3.05) is 0 Å². The fraction of sp³-hybridized carbons (Fsp3) is 0.214. The molecule has 0 fully saturated rings. The average Bonchev–Trinajstić information content (AvgIpc) is 3.42. The number of carbonyl (C=O) groups is 2. The molecule has 4 nitrogen and oxygen atoms in total. The highest BCUT2D eigenvalue weighted by molar-refractivity contribution is 6.43. The molecule has 2 bridgehead atoms. The third-order valence-electron chi connectivity index (χ3n) is 5.95. The lowest BCUT2D eigenvalue weighted by Crippen LogP contribution is -2.22. The van der Waals surface area contributed by atoms with Gasteiger partial charge < -0.3 is 9.15 Å². The molecule has 0 unspecified atom stereocenters. The second kappa shape index (κ2) is 6.92. The quantitative estimate of drug-likeness (QED) is 0.339. The summed E-state index contributed by atoms with van der Waals surface area (Å²) in [7, 11) is 0. The zero-order valence-electron chi connectivity index (χ0n) is 18.8. The first-order valence-corrected chi connectivity index (χ1v) is 10.7. The maximum atomic E-state index is 13.6. The van der Waals surface area contributed by atoms with Gasteiger partial charge in [0, 0.05) is 0 Å². The summed E-state index contributed by atoms with van der Waals surface area (Å²) in [6.07, 6.45) is 0. The minimum absolute atomic E-state index is 0.162. The Bertz CT molecular complexity index is 1390. The Morgan fingerprint density at radius 2 is 1.41 bits per heavy atom. The molecule has 0 saturated carbocycles. The minimum Gasteiger partial charge on any atom is -0.456 e. The maximum absolute atomic E-state index is 13.6. The van der Waals surface area contributed by atoms with E-state index in [1.165, 1.54) is 0 Å². The number of esters is 1. The van der Waals surface area contributed by atoms with E-state index in [2.05, 4.69) is 24.3 Å². The van der Waals surface area contributed by atoms with Crippen LogP contribution in [0.1, 0.15) is 53.4 Å². The number of rotatable bonds is 3. The molecule has 0 N–H and O–H groups in total. The molecule has 32 heavy (non-hydrogen) atoms. The second-order valence-electron chi connectivity index (χ2n) is 9.44. The predicted molar refractivity (Wildman–Crippen MR) is 125 cm³/mol. The monoisotopic (exact) mass is 424 g/mol. The van der Waals surface area contributed by atoms with Gasteiger partial charge in [0.2, 0.25) is 5.78 Å². The van der Waals surface area contributed by atoms with E-state index in [1.54, 1.807) is 26.8 Å². The molecule has 0 radical (unpaired) electrons. The van der Waals surface area contributed by atoms with Crippen LogP contribution in [0.2, 0.25) is 0 Å². The Kier molecular flexibility index (Phi) is 4.38. The van der Waals surface area contributed by atoms with Gasteiger partial charge in [0.1, 0.15) is 11.2 Å². The number of aryl methyl sites for hydroxylation is 2. The van der Waals surface area contributed by atoms with Crippen LogP contribution in [0.4, 0.5) is 0 Å². The molecule has 2 heterocycles. The van der Waals surface area contributed by atoms with Crippen LogP contribution in [-0.2, 0) is 9.53 Å². The number of hydrogen-bond donors (Lipinski definition) is 0. The highest BCUT2D eigenvalue weighted by Gasteiger charge is 2.41.